The summed E-state index contributed by atoms with van der Waals surface area (Å²) >= 11 is 1.74. The van der Waals surface area contributed by atoms with Crippen LogP contribution in [-0.4, -0.2) is 34.1 Å². The van der Waals surface area contributed by atoms with E-state index in [-0.39, 0.29) is 0 Å². The van der Waals surface area contributed by atoms with E-state index in [4.69, 9.17) is 0 Å². The van der Waals surface area contributed by atoms with Gasteiger partial charge in [-0.3, -0.25) is 4.79 Å². The minimum Gasteiger partial charge on any atom is -0.342 e. The predicted octanol–water partition coefficient (Wildman–Crippen LogP) is 2.22. The lowest BCUT2D eigenvalue weighted by Crippen LogP contribution is -2.38. The number of aromatic nitrogens is 2. The summed E-state index contributed by atoms with van der Waals surface area (Å²) in [7, 11) is 0. The largest absolute Gasteiger partial charge is 0.342 e. The molecule has 4 nitrogen and oxygen atoms in total. The van der Waals surface area contributed by atoms with E-state index < -0.39 is 0 Å². The molecule has 1 amide bonds. The number of likely N-dealkylation sites (tertiary alicyclic amines) is 1. The average Bonchev–Trinajstić information content (AvgIpc) is 3.16. The number of aryl methyl sites for hydroxylation is 1. The lowest BCUT2D eigenvalue weighted by molar-refractivity contribution is -0.133. The van der Waals surface area contributed by atoms with Crippen molar-refractivity contribution in [2.45, 2.75) is 44.9 Å². The predicted molar refractivity (Wildman–Crippen MR) is 70.6 cm³/mol. The minimum absolute atomic E-state index is 0.356. The zero-order valence-electron chi connectivity index (χ0n) is 10.8. The van der Waals surface area contributed by atoms with Gasteiger partial charge in [-0.05, 0) is 32.1 Å². The van der Waals surface area contributed by atoms with Gasteiger partial charge in [0.25, 0.3) is 0 Å². The first-order valence-electron chi connectivity index (χ1n) is 6.89. The Hall–Kier alpha value is -0.970. The van der Waals surface area contributed by atoms with Crippen molar-refractivity contribution < 1.29 is 4.79 Å². The molecule has 0 bridgehead atoms. The first-order valence-corrected chi connectivity index (χ1v) is 7.70. The van der Waals surface area contributed by atoms with Gasteiger partial charge in [0.2, 0.25) is 5.91 Å². The van der Waals surface area contributed by atoms with Gasteiger partial charge in [0.15, 0.2) is 0 Å². The van der Waals surface area contributed by atoms with Crippen molar-refractivity contribution in [3.63, 3.8) is 0 Å². The van der Waals surface area contributed by atoms with Crippen LogP contribution in [0, 0.1) is 5.92 Å². The number of piperidine rings is 1. The summed E-state index contributed by atoms with van der Waals surface area (Å²) in [4.78, 5) is 14.0. The Bertz CT molecular complexity index is 433. The maximum Gasteiger partial charge on any atom is 0.225 e. The molecule has 1 saturated heterocycles. The molecule has 2 heterocycles. The number of hydrogen-bond acceptors (Lipinski definition) is 4. The van der Waals surface area contributed by atoms with E-state index >= 15 is 0 Å². The highest BCUT2D eigenvalue weighted by Gasteiger charge is 2.35. The maximum absolute atomic E-state index is 12.0. The fourth-order valence-electron chi connectivity index (χ4n) is 2.51. The fourth-order valence-corrected chi connectivity index (χ4v) is 3.46. The Kier molecular flexibility index (Phi) is 3.33. The zero-order valence-corrected chi connectivity index (χ0v) is 11.6. The molecular weight excluding hydrogens is 246 g/mol. The number of amides is 1. The standard InChI is InChI=1S/C13H19N3OS/c1-2-11-14-15-12(18-11)9-5-7-16(8-6-9)13(17)10-3-4-10/h9-10H,2-8H2,1H3. The van der Waals surface area contributed by atoms with Crippen LogP contribution >= 0.6 is 11.3 Å². The molecule has 1 aliphatic heterocycles. The quantitative estimate of drug-likeness (QED) is 0.842. The van der Waals surface area contributed by atoms with Crippen LogP contribution in [0.15, 0.2) is 0 Å². The summed E-state index contributed by atoms with van der Waals surface area (Å²) in [5, 5.41) is 10.8. The summed E-state index contributed by atoms with van der Waals surface area (Å²) in [5.41, 5.74) is 0. The summed E-state index contributed by atoms with van der Waals surface area (Å²) in [6, 6.07) is 0. The lowest BCUT2D eigenvalue weighted by Gasteiger charge is -2.31. The average molecular weight is 265 g/mol. The van der Waals surface area contributed by atoms with E-state index in [1.807, 2.05) is 0 Å². The van der Waals surface area contributed by atoms with E-state index in [0.717, 1.165) is 50.2 Å². The highest BCUT2D eigenvalue weighted by molar-refractivity contribution is 7.11. The number of hydrogen-bond donors (Lipinski definition) is 0. The van der Waals surface area contributed by atoms with Crippen LogP contribution in [0.1, 0.15) is 48.5 Å². The second-order valence-corrected chi connectivity index (χ2v) is 6.36. The highest BCUT2D eigenvalue weighted by atomic mass is 32.1. The van der Waals surface area contributed by atoms with Crippen molar-refractivity contribution in [2.24, 2.45) is 5.92 Å². The Morgan fingerprint density at radius 3 is 2.56 bits per heavy atom. The minimum atomic E-state index is 0.356. The molecular formula is C13H19N3OS. The van der Waals surface area contributed by atoms with Crippen molar-refractivity contribution in [3.05, 3.63) is 10.0 Å². The smallest absolute Gasteiger partial charge is 0.225 e. The van der Waals surface area contributed by atoms with Crippen LogP contribution in [0.25, 0.3) is 0 Å². The van der Waals surface area contributed by atoms with Crippen LogP contribution in [0.5, 0.6) is 0 Å². The van der Waals surface area contributed by atoms with Crippen molar-refractivity contribution >= 4 is 17.2 Å². The van der Waals surface area contributed by atoms with Gasteiger partial charge in [0, 0.05) is 24.9 Å². The Labute approximate surface area is 111 Å². The number of carbonyl (C=O) groups excluding carboxylic acids is 1. The Balaban J connectivity index is 1.57. The molecule has 98 valence electrons. The van der Waals surface area contributed by atoms with Crippen LogP contribution < -0.4 is 0 Å². The molecule has 0 unspecified atom stereocenters. The molecule has 0 atom stereocenters. The molecule has 3 rings (SSSR count). The van der Waals surface area contributed by atoms with E-state index in [1.54, 1.807) is 11.3 Å². The second-order valence-electron chi connectivity index (χ2n) is 5.26. The van der Waals surface area contributed by atoms with Gasteiger partial charge >= 0.3 is 0 Å². The summed E-state index contributed by atoms with van der Waals surface area (Å²) < 4.78 is 0. The molecule has 0 N–H and O–H groups in total. The fraction of sp³-hybridized carbons (Fsp3) is 0.769. The van der Waals surface area contributed by atoms with Gasteiger partial charge < -0.3 is 4.90 Å². The number of nitrogens with zero attached hydrogens (tertiary/aromatic N) is 3. The third-order valence-electron chi connectivity index (χ3n) is 3.87. The number of rotatable bonds is 3. The molecule has 2 aliphatic rings. The van der Waals surface area contributed by atoms with Crippen LogP contribution in [0.2, 0.25) is 0 Å². The van der Waals surface area contributed by atoms with Crippen LogP contribution in [0.4, 0.5) is 0 Å². The molecule has 5 heteroatoms. The SMILES string of the molecule is CCc1nnc(C2CCN(C(=O)C3CC3)CC2)s1. The molecule has 0 aromatic carbocycles. The molecule has 1 aliphatic carbocycles. The van der Waals surface area contributed by atoms with Gasteiger partial charge in [0.1, 0.15) is 10.0 Å². The van der Waals surface area contributed by atoms with E-state index in [9.17, 15) is 4.79 Å². The van der Waals surface area contributed by atoms with Crippen LogP contribution in [0.3, 0.4) is 0 Å². The Morgan fingerprint density at radius 2 is 2.00 bits per heavy atom. The molecule has 18 heavy (non-hydrogen) atoms. The normalized spacial score (nSPS) is 21.3. The Morgan fingerprint density at radius 1 is 1.28 bits per heavy atom. The monoisotopic (exact) mass is 265 g/mol. The first kappa shape index (κ1) is 12.1. The molecule has 0 radical (unpaired) electrons. The summed E-state index contributed by atoms with van der Waals surface area (Å²) in [5.74, 6) is 1.26. The van der Waals surface area contributed by atoms with Crippen molar-refractivity contribution in [1.82, 2.24) is 15.1 Å². The van der Waals surface area contributed by atoms with Crippen molar-refractivity contribution in [1.29, 1.82) is 0 Å². The zero-order chi connectivity index (χ0) is 12.5. The maximum atomic E-state index is 12.0. The first-order chi connectivity index (χ1) is 8.78. The van der Waals surface area contributed by atoms with E-state index in [2.05, 4.69) is 22.0 Å². The number of carbonyl (C=O) groups is 1. The summed E-state index contributed by atoms with van der Waals surface area (Å²) in [6.07, 6.45) is 5.29. The van der Waals surface area contributed by atoms with Gasteiger partial charge in [-0.1, -0.05) is 6.92 Å². The third-order valence-corrected chi connectivity index (χ3v) is 5.10. The molecule has 0 spiro atoms. The second kappa shape index (κ2) is 4.96. The molecule has 1 saturated carbocycles. The highest BCUT2D eigenvalue weighted by Crippen LogP contribution is 2.35. The topological polar surface area (TPSA) is 46.1 Å². The lowest BCUT2D eigenvalue weighted by atomic mass is 9.97. The van der Waals surface area contributed by atoms with Gasteiger partial charge in [0.05, 0.1) is 0 Å². The van der Waals surface area contributed by atoms with Gasteiger partial charge in [-0.25, -0.2) is 0 Å². The van der Waals surface area contributed by atoms with E-state index in [0.29, 0.717) is 17.7 Å². The van der Waals surface area contributed by atoms with Gasteiger partial charge in [-0.2, -0.15) is 0 Å². The molecule has 1 aromatic heterocycles. The van der Waals surface area contributed by atoms with Crippen molar-refractivity contribution in [3.8, 4) is 0 Å². The molecule has 2 fully saturated rings. The van der Waals surface area contributed by atoms with E-state index in [1.165, 1.54) is 5.01 Å². The van der Waals surface area contributed by atoms with Gasteiger partial charge in [-0.15, -0.1) is 21.5 Å². The molecule has 1 aromatic rings. The van der Waals surface area contributed by atoms with Crippen molar-refractivity contribution in [2.75, 3.05) is 13.1 Å². The van der Waals surface area contributed by atoms with Crippen LogP contribution in [-0.2, 0) is 11.2 Å². The third kappa shape index (κ3) is 2.41. The summed E-state index contributed by atoms with van der Waals surface area (Å²) in [6.45, 7) is 3.92.